The van der Waals surface area contributed by atoms with Crippen LogP contribution in [0.5, 0.6) is 0 Å². The molecular formula is C20H16ClN5S. The second-order valence-electron chi connectivity index (χ2n) is 6.07. The van der Waals surface area contributed by atoms with Crippen molar-refractivity contribution in [1.29, 1.82) is 5.26 Å². The average Bonchev–Trinajstić information content (AvgIpc) is 2.74. The molecule has 0 unspecified atom stereocenters. The number of benzene rings is 1. The van der Waals surface area contributed by atoms with Crippen LogP contribution < -0.4 is 4.90 Å². The summed E-state index contributed by atoms with van der Waals surface area (Å²) >= 11 is 8.37. The van der Waals surface area contributed by atoms with Gasteiger partial charge in [-0.3, -0.25) is 9.97 Å². The number of nitriles is 1. The molecule has 1 aromatic carbocycles. The minimum Gasteiger partial charge on any atom is -0.354 e. The lowest BCUT2D eigenvalue weighted by Gasteiger charge is -2.27. The lowest BCUT2D eigenvalue weighted by Crippen LogP contribution is -2.33. The second kappa shape index (κ2) is 7.95. The number of rotatable bonds is 3. The Bertz CT molecular complexity index is 994. The van der Waals surface area contributed by atoms with Gasteiger partial charge in [-0.05, 0) is 18.2 Å². The van der Waals surface area contributed by atoms with Crippen molar-refractivity contribution >= 4 is 29.2 Å². The van der Waals surface area contributed by atoms with Gasteiger partial charge in [0.05, 0.1) is 28.5 Å². The quantitative estimate of drug-likeness (QED) is 0.661. The van der Waals surface area contributed by atoms with Gasteiger partial charge in [0.15, 0.2) is 0 Å². The lowest BCUT2D eigenvalue weighted by molar-refractivity contribution is 0.835. The summed E-state index contributed by atoms with van der Waals surface area (Å²) in [6.45, 7) is 1.91. The molecule has 1 saturated heterocycles. The van der Waals surface area contributed by atoms with E-state index in [-0.39, 0.29) is 0 Å². The molecule has 3 heterocycles. The molecule has 3 aromatic rings. The van der Waals surface area contributed by atoms with Gasteiger partial charge in [0.25, 0.3) is 0 Å². The molecule has 0 saturated carbocycles. The number of nitrogens with zero attached hydrogens (tertiary/aromatic N) is 5. The highest BCUT2D eigenvalue weighted by molar-refractivity contribution is 7.99. The Morgan fingerprint density at radius 2 is 1.81 bits per heavy atom. The molecular weight excluding hydrogens is 378 g/mol. The zero-order valence-electron chi connectivity index (χ0n) is 14.5. The van der Waals surface area contributed by atoms with Gasteiger partial charge in [0, 0.05) is 48.1 Å². The van der Waals surface area contributed by atoms with E-state index in [4.69, 9.17) is 26.8 Å². The highest BCUT2D eigenvalue weighted by atomic mass is 35.5. The number of halogens is 1. The van der Waals surface area contributed by atoms with Crippen LogP contribution in [-0.4, -0.2) is 39.5 Å². The summed E-state index contributed by atoms with van der Waals surface area (Å²) in [5.74, 6) is 3.03. The van der Waals surface area contributed by atoms with Crippen molar-refractivity contribution in [2.75, 3.05) is 29.5 Å². The van der Waals surface area contributed by atoms with Gasteiger partial charge >= 0.3 is 0 Å². The maximum atomic E-state index is 9.04. The largest absolute Gasteiger partial charge is 0.354 e. The van der Waals surface area contributed by atoms with E-state index in [1.54, 1.807) is 24.5 Å². The van der Waals surface area contributed by atoms with Crippen LogP contribution >= 0.6 is 23.4 Å². The smallest absolute Gasteiger partial charge is 0.147 e. The normalized spacial score (nSPS) is 14.0. The second-order valence-corrected chi connectivity index (χ2v) is 7.70. The molecule has 1 aliphatic heterocycles. The van der Waals surface area contributed by atoms with Crippen LogP contribution in [0.1, 0.15) is 5.56 Å². The monoisotopic (exact) mass is 393 g/mol. The van der Waals surface area contributed by atoms with Crippen LogP contribution in [0, 0.1) is 11.3 Å². The zero-order valence-corrected chi connectivity index (χ0v) is 16.0. The first-order valence-corrected chi connectivity index (χ1v) is 10.1. The molecule has 2 aromatic heterocycles. The first-order chi connectivity index (χ1) is 13.3. The summed E-state index contributed by atoms with van der Waals surface area (Å²) in [7, 11) is 0. The van der Waals surface area contributed by atoms with Crippen molar-refractivity contribution in [1.82, 2.24) is 15.0 Å². The molecule has 0 aliphatic carbocycles. The maximum Gasteiger partial charge on any atom is 0.147 e. The van der Waals surface area contributed by atoms with Crippen molar-refractivity contribution < 1.29 is 0 Å². The van der Waals surface area contributed by atoms with Crippen LogP contribution in [0.3, 0.4) is 0 Å². The molecule has 1 fully saturated rings. The fourth-order valence-electron chi connectivity index (χ4n) is 2.99. The molecule has 5 nitrogen and oxygen atoms in total. The van der Waals surface area contributed by atoms with E-state index in [9.17, 15) is 0 Å². The molecule has 1 aliphatic rings. The van der Waals surface area contributed by atoms with Crippen molar-refractivity contribution in [2.24, 2.45) is 0 Å². The number of hydrogen-bond acceptors (Lipinski definition) is 6. The van der Waals surface area contributed by atoms with E-state index in [1.807, 2.05) is 36.2 Å². The topological polar surface area (TPSA) is 65.7 Å². The highest BCUT2D eigenvalue weighted by Gasteiger charge is 2.19. The Morgan fingerprint density at radius 1 is 1.04 bits per heavy atom. The maximum absolute atomic E-state index is 9.04. The average molecular weight is 394 g/mol. The summed E-state index contributed by atoms with van der Waals surface area (Å²) in [5.41, 5.74) is 3.76. The number of aromatic nitrogens is 3. The molecule has 0 bridgehead atoms. The van der Waals surface area contributed by atoms with Gasteiger partial charge in [-0.25, -0.2) is 4.98 Å². The SMILES string of the molecule is N#Cc1ccc(-c2ncc(N3CCSCC3)nc2-c2ccncc2Cl)cc1. The van der Waals surface area contributed by atoms with Crippen molar-refractivity contribution in [2.45, 2.75) is 0 Å². The predicted molar refractivity (Wildman–Crippen MR) is 110 cm³/mol. The van der Waals surface area contributed by atoms with Gasteiger partial charge in [-0.15, -0.1) is 0 Å². The van der Waals surface area contributed by atoms with E-state index >= 15 is 0 Å². The van der Waals surface area contributed by atoms with Gasteiger partial charge in [0.2, 0.25) is 0 Å². The van der Waals surface area contributed by atoms with E-state index in [0.29, 0.717) is 10.6 Å². The zero-order chi connectivity index (χ0) is 18.6. The Morgan fingerprint density at radius 3 is 2.52 bits per heavy atom. The molecule has 7 heteroatoms. The summed E-state index contributed by atoms with van der Waals surface area (Å²) < 4.78 is 0. The van der Waals surface area contributed by atoms with Crippen molar-refractivity contribution in [3.05, 3.63) is 59.5 Å². The van der Waals surface area contributed by atoms with Gasteiger partial charge in [-0.1, -0.05) is 23.7 Å². The molecule has 0 atom stereocenters. The predicted octanol–water partition coefficient (Wildman–Crippen LogP) is 4.28. The third-order valence-electron chi connectivity index (χ3n) is 4.41. The first-order valence-electron chi connectivity index (χ1n) is 8.56. The minimum absolute atomic E-state index is 0.535. The lowest BCUT2D eigenvalue weighted by atomic mass is 10.0. The Hall–Kier alpha value is -2.62. The molecule has 27 heavy (non-hydrogen) atoms. The Kier molecular flexibility index (Phi) is 5.23. The molecule has 134 valence electrons. The first kappa shape index (κ1) is 17.8. The van der Waals surface area contributed by atoms with Crippen molar-refractivity contribution in [3.63, 3.8) is 0 Å². The van der Waals surface area contributed by atoms with Crippen LogP contribution in [0.15, 0.2) is 48.9 Å². The van der Waals surface area contributed by atoms with Gasteiger partial charge in [0.1, 0.15) is 11.5 Å². The molecule has 0 spiro atoms. The fourth-order valence-corrected chi connectivity index (χ4v) is 4.11. The number of thioether (sulfide) groups is 1. The van der Waals surface area contributed by atoms with E-state index in [1.165, 1.54) is 0 Å². The van der Waals surface area contributed by atoms with E-state index in [2.05, 4.69) is 16.0 Å². The summed E-state index contributed by atoms with van der Waals surface area (Å²) in [4.78, 5) is 16.0. The molecule has 0 radical (unpaired) electrons. The summed E-state index contributed by atoms with van der Waals surface area (Å²) in [6, 6.07) is 11.3. The van der Waals surface area contributed by atoms with Crippen molar-refractivity contribution in [3.8, 4) is 28.6 Å². The fraction of sp³-hybridized carbons (Fsp3) is 0.200. The number of pyridine rings is 1. The molecule has 4 rings (SSSR count). The van der Waals surface area contributed by atoms with Crippen LogP contribution in [0.25, 0.3) is 22.5 Å². The Labute approximate surface area is 167 Å². The van der Waals surface area contributed by atoms with Crippen LogP contribution in [0.2, 0.25) is 5.02 Å². The number of hydrogen-bond donors (Lipinski definition) is 0. The molecule has 0 amide bonds. The standard InChI is InChI=1S/C20H16ClN5S/c21-17-12-23-6-5-16(17)20-19(15-3-1-14(11-22)2-4-15)24-13-18(25-20)26-7-9-27-10-8-26/h1-6,12-13H,7-10H2. The highest BCUT2D eigenvalue weighted by Crippen LogP contribution is 2.34. The van der Waals surface area contributed by atoms with Gasteiger partial charge < -0.3 is 4.90 Å². The third kappa shape index (κ3) is 3.75. The van der Waals surface area contributed by atoms with E-state index < -0.39 is 0 Å². The molecule has 0 N–H and O–H groups in total. The Balaban J connectivity index is 1.84. The van der Waals surface area contributed by atoms with Gasteiger partial charge in [-0.2, -0.15) is 17.0 Å². The van der Waals surface area contributed by atoms with Crippen LogP contribution in [-0.2, 0) is 0 Å². The minimum atomic E-state index is 0.535. The number of anilines is 1. The third-order valence-corrected chi connectivity index (χ3v) is 5.65. The van der Waals surface area contributed by atoms with Crippen LogP contribution in [0.4, 0.5) is 5.82 Å². The van der Waals surface area contributed by atoms with E-state index in [0.717, 1.165) is 52.9 Å². The summed E-state index contributed by atoms with van der Waals surface area (Å²) in [6.07, 6.45) is 5.14. The summed E-state index contributed by atoms with van der Waals surface area (Å²) in [5, 5.41) is 9.57.